The first-order valence-electron chi connectivity index (χ1n) is 15.6. The second-order valence-electron chi connectivity index (χ2n) is 11.7. The van der Waals surface area contributed by atoms with Gasteiger partial charge in [0.1, 0.15) is 0 Å². The zero-order chi connectivity index (χ0) is 30.7. The van der Waals surface area contributed by atoms with Crippen LogP contribution in [0.2, 0.25) is 0 Å². The Balaban J connectivity index is 1.27. The number of aromatic nitrogens is 1. The van der Waals surface area contributed by atoms with Gasteiger partial charge in [-0.25, -0.2) is 0 Å². The number of fused-ring (bicyclic) bond motifs is 6. The fourth-order valence-electron chi connectivity index (χ4n) is 7.10. The molecule has 1 aromatic heterocycles. The molecular formula is C42H29N2OP. The van der Waals surface area contributed by atoms with Crippen LogP contribution >= 0.6 is 7.29 Å². The quantitative estimate of drug-likeness (QED) is 0.186. The van der Waals surface area contributed by atoms with Crippen LogP contribution in [0.1, 0.15) is 0 Å². The van der Waals surface area contributed by atoms with Crippen LogP contribution in [0.4, 0.5) is 11.4 Å². The lowest BCUT2D eigenvalue weighted by atomic mass is 9.96. The average molecular weight is 609 g/mol. The van der Waals surface area contributed by atoms with E-state index in [0.717, 1.165) is 49.9 Å². The number of para-hydroxylation sites is 4. The number of anilines is 2. The maximum atomic E-state index is 15.8. The van der Waals surface area contributed by atoms with Gasteiger partial charge in [-0.3, -0.25) is 9.24 Å². The highest BCUT2D eigenvalue weighted by Crippen LogP contribution is 2.61. The molecule has 1 aliphatic rings. The van der Waals surface area contributed by atoms with Crippen molar-refractivity contribution in [2.45, 2.75) is 0 Å². The minimum absolute atomic E-state index is 0.817. The van der Waals surface area contributed by atoms with Gasteiger partial charge in [-0.15, -0.1) is 0 Å². The van der Waals surface area contributed by atoms with Gasteiger partial charge < -0.3 is 4.57 Å². The molecule has 0 saturated heterocycles. The maximum absolute atomic E-state index is 15.8. The van der Waals surface area contributed by atoms with E-state index in [1.165, 1.54) is 21.8 Å². The molecule has 1 unspecified atom stereocenters. The van der Waals surface area contributed by atoms with Crippen LogP contribution < -0.4 is 15.3 Å². The van der Waals surface area contributed by atoms with Gasteiger partial charge in [-0.2, -0.15) is 0 Å². The highest BCUT2D eigenvalue weighted by molar-refractivity contribution is 7.80. The Labute approximate surface area is 268 Å². The van der Waals surface area contributed by atoms with Gasteiger partial charge in [0.25, 0.3) is 0 Å². The monoisotopic (exact) mass is 608 g/mol. The van der Waals surface area contributed by atoms with Crippen molar-refractivity contribution in [2.75, 3.05) is 4.67 Å². The summed E-state index contributed by atoms with van der Waals surface area (Å²) in [6, 6.07) is 60.8. The number of rotatable bonds is 4. The molecule has 218 valence electrons. The molecule has 0 spiro atoms. The molecule has 2 heterocycles. The van der Waals surface area contributed by atoms with Crippen LogP contribution in [-0.2, 0) is 4.57 Å². The second-order valence-corrected chi connectivity index (χ2v) is 14.3. The van der Waals surface area contributed by atoms with Crippen molar-refractivity contribution in [1.82, 2.24) is 4.57 Å². The molecule has 0 fully saturated rings. The summed E-state index contributed by atoms with van der Waals surface area (Å²) >= 11 is 0. The average Bonchev–Trinajstić information content (AvgIpc) is 3.46. The number of nitrogens with zero attached hydrogens (tertiary/aromatic N) is 2. The van der Waals surface area contributed by atoms with E-state index in [-0.39, 0.29) is 0 Å². The molecule has 46 heavy (non-hydrogen) atoms. The third-order valence-corrected chi connectivity index (χ3v) is 12.2. The van der Waals surface area contributed by atoms with E-state index >= 15 is 4.57 Å². The van der Waals surface area contributed by atoms with E-state index in [4.69, 9.17) is 0 Å². The first kappa shape index (κ1) is 26.7. The number of hydrogen-bond acceptors (Lipinski definition) is 1. The molecule has 4 heteroatoms. The molecule has 9 rings (SSSR count). The van der Waals surface area contributed by atoms with E-state index in [9.17, 15) is 0 Å². The lowest BCUT2D eigenvalue weighted by Gasteiger charge is -2.40. The lowest BCUT2D eigenvalue weighted by molar-refractivity contribution is 0.587. The molecule has 3 nitrogen and oxygen atoms in total. The van der Waals surface area contributed by atoms with Gasteiger partial charge in [-0.1, -0.05) is 103 Å². The van der Waals surface area contributed by atoms with Crippen molar-refractivity contribution in [3.63, 3.8) is 0 Å². The summed E-state index contributed by atoms with van der Waals surface area (Å²) in [7, 11) is -3.30. The van der Waals surface area contributed by atoms with Gasteiger partial charge in [0.15, 0.2) is 0 Å². The molecule has 0 radical (unpaired) electrons. The van der Waals surface area contributed by atoms with Gasteiger partial charge >= 0.3 is 0 Å². The first-order valence-corrected chi connectivity index (χ1v) is 17.2. The summed E-state index contributed by atoms with van der Waals surface area (Å²) in [5.41, 5.74) is 9.68. The summed E-state index contributed by atoms with van der Waals surface area (Å²) in [4.78, 5) is 0. The summed E-state index contributed by atoms with van der Waals surface area (Å²) < 4.78 is 20.2. The van der Waals surface area contributed by atoms with E-state index in [1.807, 2.05) is 66.7 Å². The summed E-state index contributed by atoms with van der Waals surface area (Å²) in [5.74, 6) is 0. The highest BCUT2D eigenvalue weighted by Gasteiger charge is 2.42. The largest absolute Gasteiger partial charge is 0.309 e. The minimum Gasteiger partial charge on any atom is -0.309 e. The van der Waals surface area contributed by atoms with Crippen LogP contribution in [0.15, 0.2) is 176 Å². The van der Waals surface area contributed by atoms with Gasteiger partial charge in [0, 0.05) is 38.3 Å². The Hall–Kier alpha value is -5.63. The molecule has 0 saturated carbocycles. The molecule has 0 N–H and O–H groups in total. The van der Waals surface area contributed by atoms with Crippen molar-refractivity contribution in [3.8, 4) is 27.9 Å². The zero-order valence-electron chi connectivity index (χ0n) is 25.0. The Bertz CT molecular complexity index is 2450. The van der Waals surface area contributed by atoms with Crippen molar-refractivity contribution in [1.29, 1.82) is 0 Å². The van der Waals surface area contributed by atoms with Crippen molar-refractivity contribution >= 4 is 51.1 Å². The SMILES string of the molecule is O=P1(c2ccccc2)c2ccc(-c3ccc4c(c3)c3ccccc3n4-c3ccccc3)cc2-c2ccccc2N1c1ccccc1. The number of benzene rings is 7. The summed E-state index contributed by atoms with van der Waals surface area (Å²) in [6.07, 6.45) is 0. The Morgan fingerprint density at radius 1 is 0.435 bits per heavy atom. The van der Waals surface area contributed by atoms with Crippen LogP contribution in [0.5, 0.6) is 0 Å². The van der Waals surface area contributed by atoms with Crippen LogP contribution in [0.3, 0.4) is 0 Å². The molecule has 1 atom stereocenters. The molecule has 7 aromatic carbocycles. The first-order chi connectivity index (χ1) is 22.7. The highest BCUT2D eigenvalue weighted by atomic mass is 31.2. The van der Waals surface area contributed by atoms with Crippen LogP contribution in [0.25, 0.3) is 49.7 Å². The van der Waals surface area contributed by atoms with Crippen molar-refractivity contribution < 1.29 is 4.57 Å². The van der Waals surface area contributed by atoms with Crippen LogP contribution in [0, 0.1) is 0 Å². The normalized spacial score (nSPS) is 15.5. The Kier molecular flexibility index (Phi) is 6.09. The number of hydrogen-bond donors (Lipinski definition) is 0. The summed E-state index contributed by atoms with van der Waals surface area (Å²) in [5, 5.41) is 4.10. The van der Waals surface area contributed by atoms with Crippen molar-refractivity contribution in [2.24, 2.45) is 0 Å². The lowest BCUT2D eigenvalue weighted by Crippen LogP contribution is -2.33. The molecular weight excluding hydrogens is 579 g/mol. The molecule has 0 amide bonds. The standard InChI is InChI=1S/C42H29N2OP/c45-46(34-18-8-3-9-19-34)42-27-25-31(29-38(42)36-21-11-13-23-41(36)44(46)33-16-6-2-7-17-33)30-24-26-40-37(28-30)35-20-10-12-22-39(35)43(40)32-14-4-1-5-15-32/h1-29H. The van der Waals surface area contributed by atoms with Crippen LogP contribution in [-0.4, -0.2) is 4.57 Å². The van der Waals surface area contributed by atoms with Crippen molar-refractivity contribution in [3.05, 3.63) is 176 Å². The maximum Gasteiger partial charge on any atom is 0.234 e. The predicted molar refractivity (Wildman–Crippen MR) is 194 cm³/mol. The summed E-state index contributed by atoms with van der Waals surface area (Å²) in [6.45, 7) is 0. The fourth-order valence-corrected chi connectivity index (χ4v) is 10.1. The molecule has 0 bridgehead atoms. The molecule has 8 aromatic rings. The Morgan fingerprint density at radius 3 is 1.80 bits per heavy atom. The van der Waals surface area contributed by atoms with E-state index in [1.54, 1.807) is 0 Å². The third kappa shape index (κ3) is 3.96. The van der Waals surface area contributed by atoms with Gasteiger partial charge in [0.2, 0.25) is 7.29 Å². The second kappa shape index (κ2) is 10.5. The van der Waals surface area contributed by atoms with E-state index in [0.29, 0.717) is 0 Å². The topological polar surface area (TPSA) is 25.2 Å². The minimum atomic E-state index is -3.30. The molecule has 0 aliphatic carbocycles. The van der Waals surface area contributed by atoms with E-state index < -0.39 is 7.29 Å². The van der Waals surface area contributed by atoms with E-state index in [2.05, 4.69) is 118 Å². The Morgan fingerprint density at radius 2 is 1.02 bits per heavy atom. The zero-order valence-corrected chi connectivity index (χ0v) is 25.9. The predicted octanol–water partition coefficient (Wildman–Crippen LogP) is 10.5. The molecule has 1 aliphatic heterocycles. The smallest absolute Gasteiger partial charge is 0.234 e. The van der Waals surface area contributed by atoms with Gasteiger partial charge in [-0.05, 0) is 89.5 Å². The third-order valence-electron chi connectivity index (χ3n) is 9.15. The van der Waals surface area contributed by atoms with Gasteiger partial charge in [0.05, 0.1) is 16.7 Å². The fraction of sp³-hybridized carbons (Fsp3) is 0.